The van der Waals surface area contributed by atoms with Crippen molar-refractivity contribution in [3.63, 3.8) is 0 Å². The van der Waals surface area contributed by atoms with Crippen LogP contribution in [-0.4, -0.2) is 18.5 Å². The van der Waals surface area contributed by atoms with Crippen molar-refractivity contribution in [1.82, 2.24) is 5.32 Å². The van der Waals surface area contributed by atoms with Crippen LogP contribution in [0.3, 0.4) is 0 Å². The van der Waals surface area contributed by atoms with Gasteiger partial charge in [0.1, 0.15) is 0 Å². The Bertz CT molecular complexity index is 335. The van der Waals surface area contributed by atoms with Crippen LogP contribution >= 0.6 is 12.4 Å². The maximum atomic E-state index is 12.6. The fraction of sp³-hybridized carbons (Fsp3) is 0.944. The molecule has 4 heteroatoms. The normalized spacial score (nSPS) is 31.3. The zero-order chi connectivity index (χ0) is 15.5. The first kappa shape index (κ1) is 19.8. The van der Waals surface area contributed by atoms with Crippen molar-refractivity contribution in [1.29, 1.82) is 0 Å². The second-order valence-electron chi connectivity index (χ2n) is 7.48. The Labute approximate surface area is 142 Å². The van der Waals surface area contributed by atoms with Crippen LogP contribution in [0.2, 0.25) is 0 Å². The lowest BCUT2D eigenvalue weighted by molar-refractivity contribution is -0.128. The molecule has 0 radical (unpaired) electrons. The Morgan fingerprint density at radius 2 is 1.59 bits per heavy atom. The van der Waals surface area contributed by atoms with E-state index in [1.165, 1.54) is 19.3 Å². The van der Waals surface area contributed by atoms with Gasteiger partial charge in [-0.25, -0.2) is 0 Å². The van der Waals surface area contributed by atoms with Crippen LogP contribution < -0.4 is 11.1 Å². The number of carbonyl (C=O) groups is 1. The van der Waals surface area contributed by atoms with E-state index in [0.717, 1.165) is 38.6 Å². The first-order valence-electron chi connectivity index (χ1n) is 9.08. The van der Waals surface area contributed by atoms with Crippen molar-refractivity contribution in [2.45, 2.75) is 78.2 Å². The molecular formula is C18H35ClN2O. The monoisotopic (exact) mass is 330 g/mol. The Kier molecular flexibility index (Phi) is 7.67. The molecule has 0 aliphatic heterocycles. The lowest BCUT2D eigenvalue weighted by Crippen LogP contribution is -2.50. The summed E-state index contributed by atoms with van der Waals surface area (Å²) >= 11 is 0. The van der Waals surface area contributed by atoms with Gasteiger partial charge in [0.2, 0.25) is 5.91 Å². The van der Waals surface area contributed by atoms with Crippen molar-refractivity contribution < 1.29 is 4.79 Å². The highest BCUT2D eigenvalue weighted by atomic mass is 35.5. The van der Waals surface area contributed by atoms with Gasteiger partial charge in [-0.15, -0.1) is 12.4 Å². The average molecular weight is 331 g/mol. The number of carbonyl (C=O) groups excluding carboxylic acids is 1. The molecule has 2 unspecified atom stereocenters. The lowest BCUT2D eigenvalue weighted by atomic mass is 9.65. The van der Waals surface area contributed by atoms with Crippen LogP contribution in [0.25, 0.3) is 0 Å². The van der Waals surface area contributed by atoms with Crippen molar-refractivity contribution >= 4 is 18.3 Å². The highest BCUT2D eigenvalue weighted by molar-refractivity contribution is 5.85. The number of halogens is 1. The molecule has 2 atom stereocenters. The Morgan fingerprint density at radius 1 is 1.09 bits per heavy atom. The zero-order valence-electron chi connectivity index (χ0n) is 14.6. The van der Waals surface area contributed by atoms with Crippen LogP contribution in [0.15, 0.2) is 0 Å². The second kappa shape index (κ2) is 8.54. The summed E-state index contributed by atoms with van der Waals surface area (Å²) in [4.78, 5) is 12.6. The average Bonchev–Trinajstić information content (AvgIpc) is 2.48. The maximum absolute atomic E-state index is 12.6. The molecule has 3 nitrogen and oxygen atoms in total. The number of hydrogen-bond donors (Lipinski definition) is 2. The first-order chi connectivity index (χ1) is 10.0. The largest absolute Gasteiger partial charge is 0.355 e. The van der Waals surface area contributed by atoms with E-state index in [1.54, 1.807) is 0 Å². The topological polar surface area (TPSA) is 55.1 Å². The zero-order valence-corrected chi connectivity index (χ0v) is 15.4. The molecule has 0 spiro atoms. The van der Waals surface area contributed by atoms with Gasteiger partial charge in [-0.2, -0.15) is 0 Å². The highest BCUT2D eigenvalue weighted by Gasteiger charge is 2.40. The summed E-state index contributed by atoms with van der Waals surface area (Å²) in [5.41, 5.74) is 6.61. The minimum Gasteiger partial charge on any atom is -0.355 e. The standard InChI is InChI=1S/C18H34N2O.ClH/c1-4-18(5-2,6-3)12-20-17(21)15-10-13-8-7-9-14(11-15)16(13)19;/h13-16H,4-12,19H2,1-3H3,(H,20,21);1H. The molecule has 2 aliphatic carbocycles. The quantitative estimate of drug-likeness (QED) is 0.776. The molecule has 130 valence electrons. The second-order valence-corrected chi connectivity index (χ2v) is 7.48. The minimum atomic E-state index is 0. The predicted octanol–water partition coefficient (Wildman–Crippen LogP) is 3.89. The Morgan fingerprint density at radius 3 is 2.05 bits per heavy atom. The molecule has 2 saturated carbocycles. The van der Waals surface area contributed by atoms with Crippen LogP contribution in [0.4, 0.5) is 0 Å². The summed E-state index contributed by atoms with van der Waals surface area (Å²) in [6.07, 6.45) is 9.21. The van der Waals surface area contributed by atoms with Gasteiger partial charge in [0.25, 0.3) is 0 Å². The SMILES string of the molecule is CCC(CC)(CC)CNC(=O)C1CC2CCCC(C1)C2N.Cl. The molecule has 1 amide bonds. The summed E-state index contributed by atoms with van der Waals surface area (Å²) in [6.45, 7) is 7.56. The van der Waals surface area contributed by atoms with Crippen LogP contribution in [-0.2, 0) is 4.79 Å². The third-order valence-corrected chi connectivity index (χ3v) is 6.67. The smallest absolute Gasteiger partial charge is 0.223 e. The van der Waals surface area contributed by atoms with Crippen molar-refractivity contribution in [3.8, 4) is 0 Å². The van der Waals surface area contributed by atoms with Crippen molar-refractivity contribution in [3.05, 3.63) is 0 Å². The number of rotatable bonds is 6. The van der Waals surface area contributed by atoms with Crippen molar-refractivity contribution in [2.75, 3.05) is 6.54 Å². The van der Waals surface area contributed by atoms with Gasteiger partial charge >= 0.3 is 0 Å². The molecule has 22 heavy (non-hydrogen) atoms. The summed E-state index contributed by atoms with van der Waals surface area (Å²) in [7, 11) is 0. The van der Waals surface area contributed by atoms with Crippen LogP contribution in [0, 0.1) is 23.2 Å². The van der Waals surface area contributed by atoms with Gasteiger partial charge in [-0.05, 0) is 62.2 Å². The van der Waals surface area contributed by atoms with E-state index in [9.17, 15) is 4.79 Å². The molecule has 2 fully saturated rings. The van der Waals surface area contributed by atoms with Crippen molar-refractivity contribution in [2.24, 2.45) is 28.9 Å². The number of amides is 1. The molecule has 2 rings (SSSR count). The molecule has 0 heterocycles. The van der Waals surface area contributed by atoms with E-state index >= 15 is 0 Å². The maximum Gasteiger partial charge on any atom is 0.223 e. The predicted molar refractivity (Wildman–Crippen MR) is 95.1 cm³/mol. The molecule has 0 saturated heterocycles. The summed E-state index contributed by atoms with van der Waals surface area (Å²) < 4.78 is 0. The number of fused-ring (bicyclic) bond motifs is 2. The van der Waals surface area contributed by atoms with Gasteiger partial charge in [-0.3, -0.25) is 4.79 Å². The van der Waals surface area contributed by atoms with E-state index in [1.807, 2.05) is 0 Å². The molecule has 0 aromatic rings. The summed E-state index contributed by atoms with van der Waals surface area (Å²) in [5, 5.41) is 3.27. The molecular weight excluding hydrogens is 296 g/mol. The lowest BCUT2D eigenvalue weighted by Gasteiger charge is -2.43. The van der Waals surface area contributed by atoms with E-state index in [2.05, 4.69) is 26.1 Å². The van der Waals surface area contributed by atoms with Gasteiger partial charge in [0.05, 0.1) is 0 Å². The summed E-state index contributed by atoms with van der Waals surface area (Å²) in [5.74, 6) is 1.67. The van der Waals surface area contributed by atoms with E-state index in [-0.39, 0.29) is 23.7 Å². The van der Waals surface area contributed by atoms with Gasteiger partial charge in [0.15, 0.2) is 0 Å². The number of hydrogen-bond acceptors (Lipinski definition) is 2. The minimum absolute atomic E-state index is 0. The Balaban J connectivity index is 0.00000242. The molecule has 0 aromatic heterocycles. The fourth-order valence-corrected chi connectivity index (χ4v) is 4.55. The Hall–Kier alpha value is -0.280. The third-order valence-electron chi connectivity index (χ3n) is 6.67. The number of nitrogens with two attached hydrogens (primary N) is 1. The first-order valence-corrected chi connectivity index (χ1v) is 9.08. The van der Waals surface area contributed by atoms with E-state index in [4.69, 9.17) is 5.73 Å². The van der Waals surface area contributed by atoms with E-state index in [0.29, 0.717) is 23.8 Å². The highest BCUT2D eigenvalue weighted by Crippen LogP contribution is 2.42. The summed E-state index contributed by atoms with van der Waals surface area (Å²) in [6, 6.07) is 0.351. The van der Waals surface area contributed by atoms with Crippen LogP contribution in [0.1, 0.15) is 72.1 Å². The van der Waals surface area contributed by atoms with E-state index < -0.39 is 0 Å². The van der Waals surface area contributed by atoms with Crippen LogP contribution in [0.5, 0.6) is 0 Å². The molecule has 2 aliphatic rings. The number of nitrogens with one attached hydrogen (secondary N) is 1. The third kappa shape index (κ3) is 4.17. The molecule has 0 aromatic carbocycles. The van der Waals surface area contributed by atoms with Gasteiger partial charge < -0.3 is 11.1 Å². The fourth-order valence-electron chi connectivity index (χ4n) is 4.55. The van der Waals surface area contributed by atoms with Gasteiger partial charge in [0, 0.05) is 18.5 Å². The molecule has 3 N–H and O–H groups in total. The molecule has 2 bridgehead atoms. The van der Waals surface area contributed by atoms with Gasteiger partial charge in [-0.1, -0.05) is 27.2 Å².